The largest absolute Gasteiger partial charge is 0.476 e. The number of fused-ring (bicyclic) bond motifs is 1. The third kappa shape index (κ3) is 1.69. The highest BCUT2D eigenvalue weighted by molar-refractivity contribution is 6.02. The zero-order chi connectivity index (χ0) is 12.0. The number of aromatic carboxylic acids is 1. The topological polar surface area (TPSA) is 75.4 Å². The van der Waals surface area contributed by atoms with Gasteiger partial charge in [-0.15, -0.1) is 0 Å². The van der Waals surface area contributed by atoms with Gasteiger partial charge in [0.15, 0.2) is 5.69 Å². The molecule has 2 heterocycles. The van der Waals surface area contributed by atoms with Crippen molar-refractivity contribution >= 4 is 11.9 Å². The molecule has 1 aliphatic heterocycles. The minimum Gasteiger partial charge on any atom is -0.476 e. The van der Waals surface area contributed by atoms with Crippen molar-refractivity contribution in [3.8, 4) is 0 Å². The monoisotopic (exact) mass is 235 g/mol. The molecule has 0 aromatic carbocycles. The number of imidazole rings is 1. The summed E-state index contributed by atoms with van der Waals surface area (Å²) in [7, 11) is 0. The second-order valence-electron chi connectivity index (χ2n) is 4.63. The Kier molecular flexibility index (Phi) is 2.17. The first-order valence-electron chi connectivity index (χ1n) is 5.74. The number of hydrogen-bond acceptors (Lipinski definition) is 3. The maximum Gasteiger partial charge on any atom is 0.356 e. The zero-order valence-corrected chi connectivity index (χ0v) is 9.30. The fourth-order valence-electron chi connectivity index (χ4n) is 2.20. The Bertz CT molecular complexity index is 490. The zero-order valence-electron chi connectivity index (χ0n) is 9.30. The minimum absolute atomic E-state index is 0.129. The van der Waals surface area contributed by atoms with Gasteiger partial charge >= 0.3 is 5.97 Å². The van der Waals surface area contributed by atoms with Crippen LogP contribution in [-0.2, 0) is 6.54 Å². The van der Waals surface area contributed by atoms with E-state index in [9.17, 15) is 9.59 Å². The van der Waals surface area contributed by atoms with E-state index in [0.29, 0.717) is 19.0 Å². The Morgan fingerprint density at radius 1 is 1.47 bits per heavy atom. The third-order valence-corrected chi connectivity index (χ3v) is 3.32. The lowest BCUT2D eigenvalue weighted by atomic mass is 10.2. The quantitative estimate of drug-likeness (QED) is 0.825. The summed E-state index contributed by atoms with van der Waals surface area (Å²) in [5.41, 5.74) is 0.0971. The summed E-state index contributed by atoms with van der Waals surface area (Å²) in [6, 6.07) is 0. The summed E-state index contributed by atoms with van der Waals surface area (Å²) in [5, 5.41) is 8.98. The van der Waals surface area contributed by atoms with E-state index in [4.69, 9.17) is 5.11 Å². The molecule has 1 aliphatic carbocycles. The molecule has 1 aromatic rings. The van der Waals surface area contributed by atoms with Gasteiger partial charge in [-0.3, -0.25) is 4.79 Å². The van der Waals surface area contributed by atoms with Crippen molar-refractivity contribution in [1.29, 1.82) is 0 Å². The molecule has 17 heavy (non-hydrogen) atoms. The van der Waals surface area contributed by atoms with E-state index in [-0.39, 0.29) is 17.3 Å². The first kappa shape index (κ1) is 10.3. The van der Waals surface area contributed by atoms with Crippen LogP contribution in [0.4, 0.5) is 0 Å². The Balaban J connectivity index is 1.91. The molecule has 1 amide bonds. The normalized spacial score (nSPS) is 19.3. The van der Waals surface area contributed by atoms with Crippen molar-refractivity contribution in [1.82, 2.24) is 14.5 Å². The number of hydrogen-bond donors (Lipinski definition) is 1. The number of aromatic nitrogens is 2. The van der Waals surface area contributed by atoms with Gasteiger partial charge in [0.25, 0.3) is 5.91 Å². The van der Waals surface area contributed by atoms with E-state index >= 15 is 0 Å². The lowest BCUT2D eigenvalue weighted by Crippen LogP contribution is -2.41. The molecule has 0 unspecified atom stereocenters. The minimum atomic E-state index is -1.14. The molecule has 3 rings (SSSR count). The van der Waals surface area contributed by atoms with Gasteiger partial charge in [0.1, 0.15) is 5.69 Å². The molecule has 6 heteroatoms. The second-order valence-corrected chi connectivity index (χ2v) is 4.63. The molecule has 1 saturated carbocycles. The van der Waals surface area contributed by atoms with E-state index in [1.165, 1.54) is 19.2 Å². The molecular weight excluding hydrogens is 222 g/mol. The van der Waals surface area contributed by atoms with Crippen LogP contribution in [0.1, 0.15) is 33.8 Å². The molecule has 0 spiro atoms. The van der Waals surface area contributed by atoms with Gasteiger partial charge in [-0.05, 0) is 18.8 Å². The van der Waals surface area contributed by atoms with Gasteiger partial charge < -0.3 is 14.6 Å². The predicted molar refractivity (Wildman–Crippen MR) is 57.8 cm³/mol. The molecular formula is C11H13N3O3. The number of carboxylic acid groups (broad SMARTS) is 1. The molecule has 0 atom stereocenters. The summed E-state index contributed by atoms with van der Waals surface area (Å²) in [6.07, 6.45) is 3.79. The SMILES string of the molecule is O=C(O)c1ncn2c1C(=O)N(CC1CC1)CC2. The highest BCUT2D eigenvalue weighted by atomic mass is 16.4. The number of carboxylic acids is 1. The number of carbonyl (C=O) groups excluding carboxylic acids is 1. The van der Waals surface area contributed by atoms with Gasteiger partial charge in [-0.25, -0.2) is 9.78 Å². The van der Waals surface area contributed by atoms with Crippen LogP contribution < -0.4 is 0 Å². The number of rotatable bonds is 3. The second kappa shape index (κ2) is 3.58. The summed E-state index contributed by atoms with van der Waals surface area (Å²) < 4.78 is 1.63. The van der Waals surface area contributed by atoms with Crippen molar-refractivity contribution in [2.75, 3.05) is 13.1 Å². The van der Waals surface area contributed by atoms with Crippen LogP contribution in [0.25, 0.3) is 0 Å². The van der Waals surface area contributed by atoms with Gasteiger partial charge in [0, 0.05) is 19.6 Å². The third-order valence-electron chi connectivity index (χ3n) is 3.32. The maximum atomic E-state index is 12.2. The van der Waals surface area contributed by atoms with Crippen molar-refractivity contribution in [2.24, 2.45) is 5.92 Å². The highest BCUT2D eigenvalue weighted by Gasteiger charge is 2.34. The van der Waals surface area contributed by atoms with E-state index in [0.717, 1.165) is 6.54 Å². The standard InChI is InChI=1S/C11H13N3O3/c15-10-9-8(11(16)17)12-6-14(9)4-3-13(10)5-7-1-2-7/h6-7H,1-5H2,(H,16,17). The summed E-state index contributed by atoms with van der Waals surface area (Å²) in [4.78, 5) is 28.7. The van der Waals surface area contributed by atoms with Crippen LogP contribution in [0, 0.1) is 5.92 Å². The van der Waals surface area contributed by atoms with Gasteiger partial charge in [0.05, 0.1) is 6.33 Å². The molecule has 1 fully saturated rings. The molecule has 1 N–H and O–H groups in total. The summed E-state index contributed by atoms with van der Waals surface area (Å²) >= 11 is 0. The molecule has 2 aliphatic rings. The smallest absolute Gasteiger partial charge is 0.356 e. The Labute approximate surface area is 97.9 Å². The van der Waals surface area contributed by atoms with E-state index in [2.05, 4.69) is 4.98 Å². The highest BCUT2D eigenvalue weighted by Crippen LogP contribution is 2.31. The van der Waals surface area contributed by atoms with Crippen LogP contribution in [-0.4, -0.2) is 44.5 Å². The van der Waals surface area contributed by atoms with Crippen molar-refractivity contribution in [3.05, 3.63) is 17.7 Å². The fraction of sp³-hybridized carbons (Fsp3) is 0.545. The Morgan fingerprint density at radius 3 is 2.88 bits per heavy atom. The van der Waals surface area contributed by atoms with E-state index < -0.39 is 5.97 Å². The Hall–Kier alpha value is -1.85. The van der Waals surface area contributed by atoms with Crippen LogP contribution in [0.15, 0.2) is 6.33 Å². The van der Waals surface area contributed by atoms with Crippen LogP contribution in [0.5, 0.6) is 0 Å². The molecule has 0 saturated heterocycles. The first-order chi connectivity index (χ1) is 8.16. The number of nitrogens with zero attached hydrogens (tertiary/aromatic N) is 3. The van der Waals surface area contributed by atoms with Gasteiger partial charge in [-0.2, -0.15) is 0 Å². The summed E-state index contributed by atoms with van der Waals surface area (Å²) in [5.74, 6) is -0.722. The van der Waals surface area contributed by atoms with Gasteiger partial charge in [0.2, 0.25) is 0 Å². The maximum absolute atomic E-state index is 12.2. The van der Waals surface area contributed by atoms with Crippen LogP contribution in [0.2, 0.25) is 0 Å². The summed E-state index contributed by atoms with van der Waals surface area (Å²) in [6.45, 7) is 2.04. The average molecular weight is 235 g/mol. The molecule has 6 nitrogen and oxygen atoms in total. The Morgan fingerprint density at radius 2 is 2.24 bits per heavy atom. The van der Waals surface area contributed by atoms with Crippen molar-refractivity contribution in [2.45, 2.75) is 19.4 Å². The van der Waals surface area contributed by atoms with Crippen LogP contribution >= 0.6 is 0 Å². The van der Waals surface area contributed by atoms with E-state index in [1.807, 2.05) is 0 Å². The number of carbonyl (C=O) groups is 2. The predicted octanol–water partition coefficient (Wildman–Crippen LogP) is 0.447. The number of amides is 1. The van der Waals surface area contributed by atoms with Crippen molar-refractivity contribution < 1.29 is 14.7 Å². The average Bonchev–Trinajstić information content (AvgIpc) is 2.98. The fourth-order valence-corrected chi connectivity index (χ4v) is 2.20. The van der Waals surface area contributed by atoms with Crippen LogP contribution in [0.3, 0.4) is 0 Å². The molecule has 1 aromatic heterocycles. The van der Waals surface area contributed by atoms with Crippen molar-refractivity contribution in [3.63, 3.8) is 0 Å². The van der Waals surface area contributed by atoms with Gasteiger partial charge in [-0.1, -0.05) is 0 Å². The molecule has 90 valence electrons. The molecule has 0 radical (unpaired) electrons. The lowest BCUT2D eigenvalue weighted by molar-refractivity contribution is 0.0646. The first-order valence-corrected chi connectivity index (χ1v) is 5.74. The van der Waals surface area contributed by atoms with E-state index in [1.54, 1.807) is 9.47 Å². The lowest BCUT2D eigenvalue weighted by Gasteiger charge is -2.28. The molecule has 0 bridgehead atoms.